The highest BCUT2D eigenvalue weighted by Crippen LogP contribution is 2.39. The lowest BCUT2D eigenvalue weighted by atomic mass is 9.96. The summed E-state index contributed by atoms with van der Waals surface area (Å²) >= 11 is 1.85. The Bertz CT molecular complexity index is 2010. The minimum atomic E-state index is 0.412. The van der Waals surface area contributed by atoms with Gasteiger partial charge >= 0.3 is 0 Å². The molecular formula is C38H29N3S. The number of fused-ring (bicyclic) bond motifs is 3. The first-order valence-electron chi connectivity index (χ1n) is 14.1. The van der Waals surface area contributed by atoms with Crippen LogP contribution in [-0.4, -0.2) is 5.84 Å². The van der Waals surface area contributed by atoms with Crippen molar-refractivity contribution < 1.29 is 0 Å². The van der Waals surface area contributed by atoms with E-state index in [2.05, 4.69) is 114 Å². The van der Waals surface area contributed by atoms with Crippen molar-refractivity contribution in [3.8, 4) is 22.3 Å². The second kappa shape index (κ2) is 11.4. The first-order valence-corrected chi connectivity index (χ1v) is 14.9. The highest BCUT2D eigenvalue weighted by molar-refractivity contribution is 7.25. The van der Waals surface area contributed by atoms with E-state index in [1.807, 2.05) is 53.8 Å². The molecule has 0 aliphatic heterocycles. The van der Waals surface area contributed by atoms with Crippen molar-refractivity contribution in [1.29, 1.82) is 5.41 Å². The summed E-state index contributed by atoms with van der Waals surface area (Å²) in [6.45, 7) is 0.627. The molecule has 0 radical (unpaired) electrons. The average Bonchev–Trinajstić information content (AvgIpc) is 3.43. The molecule has 7 aromatic rings. The van der Waals surface area contributed by atoms with Crippen molar-refractivity contribution in [2.24, 2.45) is 0 Å². The zero-order chi connectivity index (χ0) is 28.3. The lowest BCUT2D eigenvalue weighted by molar-refractivity contribution is 0.908. The lowest BCUT2D eigenvalue weighted by Gasteiger charge is -2.15. The fourth-order valence-electron chi connectivity index (χ4n) is 5.36. The molecule has 0 saturated carbocycles. The van der Waals surface area contributed by atoms with E-state index < -0.39 is 0 Å². The van der Waals surface area contributed by atoms with Gasteiger partial charge in [-0.2, -0.15) is 0 Å². The molecule has 7 rings (SSSR count). The van der Waals surface area contributed by atoms with Gasteiger partial charge in [0.2, 0.25) is 0 Å². The number of benzene rings is 6. The molecule has 42 heavy (non-hydrogen) atoms. The summed E-state index contributed by atoms with van der Waals surface area (Å²) in [7, 11) is 0. The van der Waals surface area contributed by atoms with Gasteiger partial charge in [-0.05, 0) is 76.9 Å². The number of hydrogen-bond acceptors (Lipinski definition) is 3. The van der Waals surface area contributed by atoms with Gasteiger partial charge in [0.25, 0.3) is 0 Å². The molecule has 1 heterocycles. The van der Waals surface area contributed by atoms with E-state index in [0.717, 1.165) is 33.6 Å². The Morgan fingerprint density at radius 1 is 0.571 bits per heavy atom. The Hall–Kier alpha value is -5.19. The minimum absolute atomic E-state index is 0.412. The summed E-state index contributed by atoms with van der Waals surface area (Å²) in [6.07, 6.45) is 0. The molecule has 0 bridgehead atoms. The maximum atomic E-state index is 8.48. The molecule has 202 valence electrons. The molecule has 3 N–H and O–H groups in total. The standard InChI is InChI=1S/C38H29N3S/c39-38(40-25-26-9-3-1-4-10-26)28-15-19-31(20-16-28)41-35-21-17-29(23-33(35)27-11-5-2-6-12-27)30-18-22-37-34(24-30)32-13-7-8-14-36(32)42-37/h1-24,41H,25H2,(H2,39,40). The molecule has 0 aliphatic carbocycles. The van der Waals surface area contributed by atoms with E-state index in [1.54, 1.807) is 0 Å². The van der Waals surface area contributed by atoms with Crippen LogP contribution in [0, 0.1) is 5.41 Å². The maximum absolute atomic E-state index is 8.48. The van der Waals surface area contributed by atoms with Crippen LogP contribution >= 0.6 is 11.3 Å². The van der Waals surface area contributed by atoms with Crippen LogP contribution in [-0.2, 0) is 6.54 Å². The molecule has 6 aromatic carbocycles. The predicted octanol–water partition coefficient (Wildman–Crippen LogP) is 10.2. The molecule has 1 aromatic heterocycles. The summed E-state index contributed by atoms with van der Waals surface area (Å²) in [5, 5.41) is 17.9. The largest absolute Gasteiger partial charge is 0.366 e. The lowest BCUT2D eigenvalue weighted by Crippen LogP contribution is -2.22. The van der Waals surface area contributed by atoms with E-state index in [4.69, 9.17) is 5.41 Å². The fraction of sp³-hybridized carbons (Fsp3) is 0.0263. The third-order valence-electron chi connectivity index (χ3n) is 7.58. The van der Waals surface area contributed by atoms with Gasteiger partial charge in [0.05, 0.1) is 0 Å². The molecule has 0 unspecified atom stereocenters. The van der Waals surface area contributed by atoms with Gasteiger partial charge in [0.1, 0.15) is 5.84 Å². The quantitative estimate of drug-likeness (QED) is 0.134. The smallest absolute Gasteiger partial charge is 0.125 e. The first-order chi connectivity index (χ1) is 20.7. The summed E-state index contributed by atoms with van der Waals surface area (Å²) in [5.74, 6) is 0.412. The van der Waals surface area contributed by atoms with Gasteiger partial charge in [-0.25, -0.2) is 0 Å². The Morgan fingerprint density at radius 2 is 1.24 bits per heavy atom. The van der Waals surface area contributed by atoms with E-state index in [1.165, 1.54) is 31.3 Å². The van der Waals surface area contributed by atoms with Crippen LogP contribution in [0.1, 0.15) is 11.1 Å². The number of rotatable bonds is 7. The molecule has 0 aliphatic rings. The molecule has 0 saturated heterocycles. The normalized spacial score (nSPS) is 11.0. The molecule has 0 amide bonds. The van der Waals surface area contributed by atoms with E-state index >= 15 is 0 Å². The third kappa shape index (κ3) is 5.28. The van der Waals surface area contributed by atoms with Crippen LogP contribution in [0.15, 0.2) is 146 Å². The summed E-state index contributed by atoms with van der Waals surface area (Å²) in [4.78, 5) is 0. The molecule has 0 spiro atoms. The molecular weight excluding hydrogens is 531 g/mol. The van der Waals surface area contributed by atoms with Gasteiger partial charge in [0, 0.05) is 49.2 Å². The van der Waals surface area contributed by atoms with Crippen LogP contribution in [0.4, 0.5) is 11.4 Å². The van der Waals surface area contributed by atoms with E-state index in [9.17, 15) is 0 Å². The SMILES string of the molecule is N=C(NCc1ccccc1)c1ccc(Nc2ccc(-c3ccc4sc5ccccc5c4c3)cc2-c2ccccc2)cc1. The second-order valence-corrected chi connectivity index (χ2v) is 11.4. The van der Waals surface area contributed by atoms with Gasteiger partial charge < -0.3 is 10.6 Å². The fourth-order valence-corrected chi connectivity index (χ4v) is 6.45. The second-order valence-electron chi connectivity index (χ2n) is 10.4. The van der Waals surface area contributed by atoms with Crippen molar-refractivity contribution in [3.05, 3.63) is 157 Å². The van der Waals surface area contributed by atoms with E-state index in [-0.39, 0.29) is 0 Å². The average molecular weight is 560 g/mol. The summed E-state index contributed by atoms with van der Waals surface area (Å²) in [6, 6.07) is 50.8. The van der Waals surface area contributed by atoms with Crippen molar-refractivity contribution in [2.45, 2.75) is 6.54 Å². The van der Waals surface area contributed by atoms with Crippen molar-refractivity contribution in [1.82, 2.24) is 5.32 Å². The number of anilines is 2. The van der Waals surface area contributed by atoms with E-state index in [0.29, 0.717) is 12.4 Å². The molecule has 0 atom stereocenters. The number of thiophene rings is 1. The third-order valence-corrected chi connectivity index (χ3v) is 8.73. The Morgan fingerprint density at radius 3 is 2.05 bits per heavy atom. The van der Waals surface area contributed by atoms with Crippen LogP contribution in [0.5, 0.6) is 0 Å². The molecule has 3 nitrogen and oxygen atoms in total. The highest BCUT2D eigenvalue weighted by atomic mass is 32.1. The zero-order valence-corrected chi connectivity index (χ0v) is 23.8. The monoisotopic (exact) mass is 559 g/mol. The van der Waals surface area contributed by atoms with Crippen molar-refractivity contribution >= 4 is 48.7 Å². The van der Waals surface area contributed by atoms with Gasteiger partial charge in [-0.15, -0.1) is 11.3 Å². The Kier molecular flexibility index (Phi) is 6.97. The highest BCUT2D eigenvalue weighted by Gasteiger charge is 2.11. The van der Waals surface area contributed by atoms with Crippen molar-refractivity contribution in [2.75, 3.05) is 5.32 Å². The topological polar surface area (TPSA) is 47.9 Å². The first kappa shape index (κ1) is 25.8. The van der Waals surface area contributed by atoms with Gasteiger partial charge in [-0.3, -0.25) is 5.41 Å². The Labute approximate surface area is 249 Å². The number of amidine groups is 1. The number of hydrogen-bond donors (Lipinski definition) is 3. The molecule has 4 heteroatoms. The van der Waals surface area contributed by atoms with Gasteiger partial charge in [0.15, 0.2) is 0 Å². The Balaban J connectivity index is 1.17. The van der Waals surface area contributed by atoms with Crippen LogP contribution in [0.2, 0.25) is 0 Å². The van der Waals surface area contributed by atoms with Crippen LogP contribution < -0.4 is 10.6 Å². The minimum Gasteiger partial charge on any atom is -0.366 e. The zero-order valence-electron chi connectivity index (χ0n) is 23.0. The summed E-state index contributed by atoms with van der Waals surface area (Å²) in [5.41, 5.74) is 8.72. The van der Waals surface area contributed by atoms with Crippen molar-refractivity contribution in [3.63, 3.8) is 0 Å². The van der Waals surface area contributed by atoms with Crippen LogP contribution in [0.3, 0.4) is 0 Å². The number of nitrogens with one attached hydrogen (secondary N) is 3. The molecule has 0 fully saturated rings. The van der Waals surface area contributed by atoms with Gasteiger partial charge in [-0.1, -0.05) is 91.0 Å². The predicted molar refractivity (Wildman–Crippen MR) is 180 cm³/mol. The van der Waals surface area contributed by atoms with Crippen LogP contribution in [0.25, 0.3) is 42.4 Å². The maximum Gasteiger partial charge on any atom is 0.125 e. The summed E-state index contributed by atoms with van der Waals surface area (Å²) < 4.78 is 2.63.